The number of benzene rings is 1. The fourth-order valence-corrected chi connectivity index (χ4v) is 3.82. The molecule has 0 N–H and O–H groups in total. The Morgan fingerprint density at radius 3 is 2.12 bits per heavy atom. The molecule has 0 spiro atoms. The lowest BCUT2D eigenvalue weighted by Crippen LogP contribution is -2.50. The molecule has 0 aliphatic carbocycles. The first-order chi connectivity index (χ1) is 15.6. The smallest absolute Gasteiger partial charge is 0.289 e. The molecule has 4 heterocycles. The summed E-state index contributed by atoms with van der Waals surface area (Å²) in [5.74, 6) is 0.528. The van der Waals surface area contributed by atoms with Gasteiger partial charge in [0, 0.05) is 37.3 Å². The molecule has 3 aromatic heterocycles. The lowest BCUT2D eigenvalue weighted by atomic mass is 10.2. The van der Waals surface area contributed by atoms with E-state index in [0.29, 0.717) is 54.1 Å². The van der Waals surface area contributed by atoms with E-state index in [1.54, 1.807) is 57.1 Å². The van der Waals surface area contributed by atoms with E-state index in [9.17, 15) is 9.59 Å². The van der Waals surface area contributed by atoms with Crippen LogP contribution in [-0.2, 0) is 0 Å². The van der Waals surface area contributed by atoms with Crippen molar-refractivity contribution in [1.29, 1.82) is 0 Å². The third kappa shape index (κ3) is 3.80. The second-order valence-electron chi connectivity index (χ2n) is 7.34. The number of piperazine rings is 1. The van der Waals surface area contributed by atoms with Crippen molar-refractivity contribution in [3.63, 3.8) is 0 Å². The van der Waals surface area contributed by atoms with E-state index in [1.807, 2.05) is 18.2 Å². The van der Waals surface area contributed by atoms with Crippen molar-refractivity contribution in [3.05, 3.63) is 83.6 Å². The highest BCUT2D eigenvalue weighted by Gasteiger charge is 2.28. The van der Waals surface area contributed by atoms with Crippen LogP contribution >= 0.6 is 11.6 Å². The van der Waals surface area contributed by atoms with Crippen molar-refractivity contribution in [1.82, 2.24) is 19.6 Å². The molecule has 1 saturated heterocycles. The minimum Gasteiger partial charge on any atom is -0.463 e. The van der Waals surface area contributed by atoms with Gasteiger partial charge in [-0.25, -0.2) is 4.68 Å². The lowest BCUT2D eigenvalue weighted by Gasteiger charge is -2.33. The first-order valence-corrected chi connectivity index (χ1v) is 10.5. The Balaban J connectivity index is 1.37. The standard InChI is InChI=1S/C23H19ClN4O4/c24-16-5-7-17(8-6-16)28-19(20-3-1-13-31-20)15-18(25-28)22(29)26-9-11-27(12-10-26)23(30)21-4-2-14-32-21/h1-8,13-15H,9-12H2. The zero-order chi connectivity index (χ0) is 22.1. The predicted octanol–water partition coefficient (Wildman–Crippen LogP) is 3.98. The summed E-state index contributed by atoms with van der Waals surface area (Å²) in [6.45, 7) is 1.67. The topological polar surface area (TPSA) is 84.7 Å². The largest absolute Gasteiger partial charge is 0.463 e. The van der Waals surface area contributed by atoms with Crippen LogP contribution in [0.2, 0.25) is 5.02 Å². The number of rotatable bonds is 4. The van der Waals surface area contributed by atoms with E-state index in [-0.39, 0.29) is 11.8 Å². The maximum Gasteiger partial charge on any atom is 0.289 e. The Labute approximate surface area is 188 Å². The zero-order valence-corrected chi connectivity index (χ0v) is 17.7. The average molecular weight is 451 g/mol. The van der Waals surface area contributed by atoms with Crippen LogP contribution in [0.5, 0.6) is 0 Å². The molecule has 1 aromatic carbocycles. The third-order valence-electron chi connectivity index (χ3n) is 5.36. The summed E-state index contributed by atoms with van der Waals surface area (Å²) in [5, 5.41) is 5.17. The molecule has 0 unspecified atom stereocenters. The molecular weight excluding hydrogens is 432 g/mol. The van der Waals surface area contributed by atoms with E-state index in [2.05, 4.69) is 5.10 Å². The first kappa shape index (κ1) is 20.1. The molecule has 32 heavy (non-hydrogen) atoms. The van der Waals surface area contributed by atoms with Gasteiger partial charge in [-0.15, -0.1) is 0 Å². The summed E-state index contributed by atoms with van der Waals surface area (Å²) < 4.78 is 12.4. The maximum atomic E-state index is 13.2. The van der Waals surface area contributed by atoms with E-state index >= 15 is 0 Å². The second kappa shape index (κ2) is 8.39. The van der Waals surface area contributed by atoms with Crippen LogP contribution in [0.4, 0.5) is 0 Å². The van der Waals surface area contributed by atoms with Crippen molar-refractivity contribution in [2.24, 2.45) is 0 Å². The zero-order valence-electron chi connectivity index (χ0n) is 17.0. The van der Waals surface area contributed by atoms with Crippen molar-refractivity contribution in [2.45, 2.75) is 0 Å². The fraction of sp³-hybridized carbons (Fsp3) is 0.174. The highest BCUT2D eigenvalue weighted by atomic mass is 35.5. The molecule has 2 amide bonds. The second-order valence-corrected chi connectivity index (χ2v) is 7.78. The van der Waals surface area contributed by atoms with Crippen LogP contribution in [0.25, 0.3) is 17.1 Å². The van der Waals surface area contributed by atoms with Crippen LogP contribution in [0.1, 0.15) is 21.0 Å². The summed E-state index contributed by atoms with van der Waals surface area (Å²) in [7, 11) is 0. The average Bonchev–Trinajstić information content (AvgIpc) is 3.60. The van der Waals surface area contributed by atoms with Crippen LogP contribution in [0, 0.1) is 0 Å². The van der Waals surface area contributed by atoms with Gasteiger partial charge in [0.15, 0.2) is 17.2 Å². The van der Waals surface area contributed by atoms with Crippen molar-refractivity contribution in [3.8, 4) is 17.1 Å². The van der Waals surface area contributed by atoms with Crippen molar-refractivity contribution in [2.75, 3.05) is 26.2 Å². The Hall–Kier alpha value is -3.78. The van der Waals surface area contributed by atoms with E-state index in [1.165, 1.54) is 6.26 Å². The molecule has 0 radical (unpaired) electrons. The van der Waals surface area contributed by atoms with Gasteiger partial charge >= 0.3 is 0 Å². The molecule has 4 aromatic rings. The van der Waals surface area contributed by atoms with E-state index in [4.69, 9.17) is 20.4 Å². The minimum atomic E-state index is -0.199. The Bertz CT molecular complexity index is 1220. The number of carbonyl (C=O) groups is 2. The molecule has 0 saturated carbocycles. The number of halogens is 1. The highest BCUT2D eigenvalue weighted by molar-refractivity contribution is 6.30. The van der Waals surface area contributed by atoms with Gasteiger partial charge in [-0.3, -0.25) is 9.59 Å². The number of hydrogen-bond donors (Lipinski definition) is 0. The predicted molar refractivity (Wildman–Crippen MR) is 117 cm³/mol. The van der Waals surface area contributed by atoms with E-state index < -0.39 is 0 Å². The van der Waals surface area contributed by atoms with Gasteiger partial charge < -0.3 is 18.6 Å². The molecule has 8 nitrogen and oxygen atoms in total. The monoisotopic (exact) mass is 450 g/mol. The van der Waals surface area contributed by atoms with Gasteiger partial charge in [-0.2, -0.15) is 5.10 Å². The van der Waals surface area contributed by atoms with Gasteiger partial charge in [0.05, 0.1) is 18.2 Å². The molecule has 0 bridgehead atoms. The van der Waals surface area contributed by atoms with Crippen LogP contribution in [0.3, 0.4) is 0 Å². The number of carbonyl (C=O) groups excluding carboxylic acids is 2. The first-order valence-electron chi connectivity index (χ1n) is 10.1. The minimum absolute atomic E-state index is 0.172. The molecule has 1 fully saturated rings. The highest BCUT2D eigenvalue weighted by Crippen LogP contribution is 2.26. The Morgan fingerprint density at radius 1 is 0.844 bits per heavy atom. The van der Waals surface area contributed by atoms with Gasteiger partial charge in [0.2, 0.25) is 0 Å². The molecule has 0 atom stereocenters. The Morgan fingerprint density at radius 2 is 1.50 bits per heavy atom. The maximum absolute atomic E-state index is 13.2. The third-order valence-corrected chi connectivity index (χ3v) is 5.61. The lowest BCUT2D eigenvalue weighted by molar-refractivity contribution is 0.0515. The fourth-order valence-electron chi connectivity index (χ4n) is 3.70. The van der Waals surface area contributed by atoms with Gasteiger partial charge in [-0.1, -0.05) is 11.6 Å². The number of aromatic nitrogens is 2. The van der Waals surface area contributed by atoms with Crippen LogP contribution < -0.4 is 0 Å². The quantitative estimate of drug-likeness (QED) is 0.469. The molecule has 1 aliphatic heterocycles. The molecule has 162 valence electrons. The van der Waals surface area contributed by atoms with E-state index in [0.717, 1.165) is 5.69 Å². The molecule has 5 rings (SSSR count). The number of furan rings is 2. The summed E-state index contributed by atoms with van der Waals surface area (Å²) in [6, 6.07) is 15.8. The van der Waals surface area contributed by atoms with Gasteiger partial charge in [0.25, 0.3) is 11.8 Å². The van der Waals surface area contributed by atoms with Crippen molar-refractivity contribution >= 4 is 23.4 Å². The summed E-state index contributed by atoms with van der Waals surface area (Å²) >= 11 is 6.02. The van der Waals surface area contributed by atoms with Crippen LogP contribution in [0.15, 0.2) is 76.0 Å². The van der Waals surface area contributed by atoms with Crippen molar-refractivity contribution < 1.29 is 18.4 Å². The molecule has 9 heteroatoms. The summed E-state index contributed by atoms with van der Waals surface area (Å²) in [6.07, 6.45) is 3.05. The SMILES string of the molecule is O=C(c1cc(-c2ccco2)n(-c2ccc(Cl)cc2)n1)N1CCN(C(=O)c2ccco2)CC1. The number of nitrogens with zero attached hydrogens (tertiary/aromatic N) is 4. The number of hydrogen-bond acceptors (Lipinski definition) is 5. The van der Waals surface area contributed by atoms with Gasteiger partial charge in [0.1, 0.15) is 5.69 Å². The summed E-state index contributed by atoms with van der Waals surface area (Å²) in [4.78, 5) is 29.0. The molecule has 1 aliphatic rings. The Kier molecular flexibility index (Phi) is 5.28. The van der Waals surface area contributed by atoms with Crippen LogP contribution in [-0.4, -0.2) is 57.6 Å². The normalized spacial score (nSPS) is 14.0. The summed E-state index contributed by atoms with van der Waals surface area (Å²) in [5.41, 5.74) is 1.72. The number of amides is 2. The molecular formula is C23H19ClN4O4. The van der Waals surface area contributed by atoms with Gasteiger partial charge in [-0.05, 0) is 48.5 Å².